The zero-order valence-corrected chi connectivity index (χ0v) is 15.7. The smallest absolute Gasteiger partial charge is 0.149 e. The molecular formula is C22H21FN4O. The summed E-state index contributed by atoms with van der Waals surface area (Å²) in [6.07, 6.45) is 5.62. The first kappa shape index (κ1) is 17.0. The van der Waals surface area contributed by atoms with Gasteiger partial charge in [-0.05, 0) is 54.7 Å². The quantitative estimate of drug-likeness (QED) is 0.566. The van der Waals surface area contributed by atoms with Crippen molar-refractivity contribution in [3.63, 3.8) is 0 Å². The van der Waals surface area contributed by atoms with Gasteiger partial charge in [0.15, 0.2) is 0 Å². The Balaban J connectivity index is 1.41. The number of nitrogens with one attached hydrogen (secondary N) is 1. The topological polar surface area (TPSA) is 54.0 Å². The van der Waals surface area contributed by atoms with Crippen molar-refractivity contribution in [3.05, 3.63) is 60.3 Å². The molecule has 0 atom stereocenters. The van der Waals surface area contributed by atoms with Gasteiger partial charge in [0.25, 0.3) is 0 Å². The Hall–Kier alpha value is -3.15. The minimum atomic E-state index is -0.302. The van der Waals surface area contributed by atoms with E-state index in [-0.39, 0.29) is 5.82 Å². The van der Waals surface area contributed by atoms with E-state index >= 15 is 0 Å². The summed E-state index contributed by atoms with van der Waals surface area (Å²) in [5.74, 6) is 1.87. The zero-order valence-electron chi connectivity index (χ0n) is 15.7. The molecule has 6 heteroatoms. The number of ether oxygens (including phenoxy) is 1. The number of H-pyrrole nitrogens is 1. The number of rotatable bonds is 3. The van der Waals surface area contributed by atoms with Crippen LogP contribution in [-0.4, -0.2) is 35.2 Å². The number of halogens is 1. The zero-order chi connectivity index (χ0) is 19.1. The third-order valence-electron chi connectivity index (χ3n) is 5.75. The number of hydrogen-bond donors (Lipinski definition) is 1. The van der Waals surface area contributed by atoms with Crippen molar-refractivity contribution in [3.8, 4) is 5.75 Å². The number of methoxy groups -OCH3 is 1. The molecule has 2 aromatic heterocycles. The van der Waals surface area contributed by atoms with Crippen LogP contribution in [0.2, 0.25) is 0 Å². The second-order valence-corrected chi connectivity index (χ2v) is 7.25. The van der Waals surface area contributed by atoms with Crippen LogP contribution in [0.1, 0.15) is 24.3 Å². The van der Waals surface area contributed by atoms with E-state index in [1.54, 1.807) is 13.2 Å². The van der Waals surface area contributed by atoms with Crippen LogP contribution >= 0.6 is 0 Å². The van der Waals surface area contributed by atoms with Crippen molar-refractivity contribution < 1.29 is 9.13 Å². The van der Waals surface area contributed by atoms with E-state index in [0.29, 0.717) is 11.4 Å². The first-order chi connectivity index (χ1) is 13.7. The molecule has 0 saturated carbocycles. The van der Waals surface area contributed by atoms with E-state index in [4.69, 9.17) is 4.74 Å². The Kier molecular flexibility index (Phi) is 4.11. The normalized spacial score (nSPS) is 15.4. The van der Waals surface area contributed by atoms with Gasteiger partial charge in [-0.3, -0.25) is 0 Å². The average Bonchev–Trinajstić information content (AvgIpc) is 3.17. The molecule has 0 amide bonds. The highest BCUT2D eigenvalue weighted by molar-refractivity contribution is 5.89. The molecule has 1 saturated heterocycles. The Morgan fingerprint density at radius 3 is 2.79 bits per heavy atom. The van der Waals surface area contributed by atoms with E-state index in [2.05, 4.69) is 38.2 Å². The Labute approximate surface area is 162 Å². The van der Waals surface area contributed by atoms with Crippen LogP contribution in [0.5, 0.6) is 5.75 Å². The lowest BCUT2D eigenvalue weighted by atomic mass is 9.89. The lowest BCUT2D eigenvalue weighted by Gasteiger charge is -2.33. The molecule has 2 aromatic carbocycles. The standard InChI is InChI=1S/C22H21FN4O/c1-28-15-5-6-20-17(11-15)18(12-24-20)14-7-9-27(10-8-14)22-16-3-2-4-19(23)21(16)25-13-26-22/h2-6,11-14,24H,7-10H2,1H3. The molecule has 1 N–H and O–H groups in total. The van der Waals surface area contributed by atoms with E-state index in [1.165, 1.54) is 23.3 Å². The van der Waals surface area contributed by atoms with Gasteiger partial charge in [0.2, 0.25) is 0 Å². The Morgan fingerprint density at radius 2 is 1.96 bits per heavy atom. The van der Waals surface area contributed by atoms with E-state index in [0.717, 1.165) is 48.4 Å². The molecule has 4 aromatic rings. The number of benzene rings is 2. The van der Waals surface area contributed by atoms with Gasteiger partial charge in [-0.15, -0.1) is 0 Å². The third-order valence-corrected chi connectivity index (χ3v) is 5.75. The Bertz CT molecular complexity index is 1150. The van der Waals surface area contributed by atoms with Crippen molar-refractivity contribution >= 4 is 27.6 Å². The molecule has 142 valence electrons. The molecule has 0 radical (unpaired) electrons. The minimum Gasteiger partial charge on any atom is -0.497 e. The highest BCUT2D eigenvalue weighted by Crippen LogP contribution is 2.36. The second-order valence-electron chi connectivity index (χ2n) is 7.25. The number of hydrogen-bond acceptors (Lipinski definition) is 4. The summed E-state index contributed by atoms with van der Waals surface area (Å²) >= 11 is 0. The van der Waals surface area contributed by atoms with E-state index < -0.39 is 0 Å². The van der Waals surface area contributed by atoms with Crippen molar-refractivity contribution in [2.45, 2.75) is 18.8 Å². The summed E-state index contributed by atoms with van der Waals surface area (Å²) in [5, 5.41) is 2.00. The van der Waals surface area contributed by atoms with Gasteiger partial charge >= 0.3 is 0 Å². The molecule has 1 fully saturated rings. The second kappa shape index (κ2) is 6.78. The van der Waals surface area contributed by atoms with Crippen molar-refractivity contribution in [1.82, 2.24) is 15.0 Å². The molecule has 3 heterocycles. The fourth-order valence-electron chi connectivity index (χ4n) is 4.28. The first-order valence-corrected chi connectivity index (χ1v) is 9.54. The summed E-state index contributed by atoms with van der Waals surface area (Å²) in [4.78, 5) is 14.2. The number of para-hydroxylation sites is 1. The summed E-state index contributed by atoms with van der Waals surface area (Å²) in [7, 11) is 1.70. The Morgan fingerprint density at radius 1 is 1.11 bits per heavy atom. The number of nitrogens with zero attached hydrogens (tertiary/aromatic N) is 3. The highest BCUT2D eigenvalue weighted by atomic mass is 19.1. The van der Waals surface area contributed by atoms with Crippen molar-refractivity contribution in [1.29, 1.82) is 0 Å². The molecule has 0 unspecified atom stereocenters. The van der Waals surface area contributed by atoms with E-state index in [9.17, 15) is 4.39 Å². The number of fused-ring (bicyclic) bond motifs is 2. The first-order valence-electron chi connectivity index (χ1n) is 9.54. The van der Waals surface area contributed by atoms with Gasteiger partial charge in [0, 0.05) is 35.6 Å². The lowest BCUT2D eigenvalue weighted by Crippen LogP contribution is -2.33. The molecule has 0 bridgehead atoms. The molecule has 1 aliphatic heterocycles. The van der Waals surface area contributed by atoms with Crippen LogP contribution in [0.3, 0.4) is 0 Å². The minimum absolute atomic E-state index is 0.302. The highest BCUT2D eigenvalue weighted by Gasteiger charge is 2.25. The van der Waals surface area contributed by atoms with Crippen LogP contribution in [0.25, 0.3) is 21.8 Å². The van der Waals surface area contributed by atoms with Crippen LogP contribution in [-0.2, 0) is 0 Å². The van der Waals surface area contributed by atoms with Gasteiger partial charge < -0.3 is 14.6 Å². The molecular weight excluding hydrogens is 355 g/mol. The van der Waals surface area contributed by atoms with Gasteiger partial charge in [-0.25, -0.2) is 14.4 Å². The number of anilines is 1. The SMILES string of the molecule is COc1ccc2[nH]cc(C3CCN(c4ncnc5c(F)cccc45)CC3)c2c1. The summed E-state index contributed by atoms with van der Waals surface area (Å²) in [5.41, 5.74) is 2.86. The predicted molar refractivity (Wildman–Crippen MR) is 109 cm³/mol. The average molecular weight is 376 g/mol. The maximum absolute atomic E-state index is 14.1. The molecule has 0 spiro atoms. The van der Waals surface area contributed by atoms with Gasteiger partial charge in [-0.1, -0.05) is 6.07 Å². The molecule has 28 heavy (non-hydrogen) atoms. The van der Waals surface area contributed by atoms with E-state index in [1.807, 2.05) is 12.1 Å². The van der Waals surface area contributed by atoms with Crippen molar-refractivity contribution in [2.75, 3.05) is 25.1 Å². The monoisotopic (exact) mass is 376 g/mol. The van der Waals surface area contributed by atoms with Crippen LogP contribution < -0.4 is 9.64 Å². The fourth-order valence-corrected chi connectivity index (χ4v) is 4.28. The summed E-state index contributed by atoms with van der Waals surface area (Å²) < 4.78 is 19.5. The van der Waals surface area contributed by atoms with Crippen LogP contribution in [0, 0.1) is 5.82 Å². The summed E-state index contributed by atoms with van der Waals surface area (Å²) in [6.45, 7) is 1.76. The maximum atomic E-state index is 14.1. The van der Waals surface area contributed by atoms with Crippen LogP contribution in [0.4, 0.5) is 10.2 Å². The summed E-state index contributed by atoms with van der Waals surface area (Å²) in [6, 6.07) is 11.2. The van der Waals surface area contributed by atoms with Gasteiger partial charge in [0.05, 0.1) is 7.11 Å². The predicted octanol–water partition coefficient (Wildman–Crippen LogP) is 4.64. The number of aromatic amines is 1. The molecule has 0 aliphatic carbocycles. The maximum Gasteiger partial charge on any atom is 0.149 e. The number of aromatic nitrogens is 3. The largest absolute Gasteiger partial charge is 0.497 e. The molecule has 5 nitrogen and oxygen atoms in total. The van der Waals surface area contributed by atoms with Gasteiger partial charge in [0.1, 0.15) is 29.2 Å². The molecule has 5 rings (SSSR count). The van der Waals surface area contributed by atoms with Gasteiger partial charge in [-0.2, -0.15) is 0 Å². The third kappa shape index (κ3) is 2.76. The lowest BCUT2D eigenvalue weighted by molar-refractivity contribution is 0.415. The fraction of sp³-hybridized carbons (Fsp3) is 0.273. The van der Waals surface area contributed by atoms with Crippen molar-refractivity contribution in [2.24, 2.45) is 0 Å². The number of piperidine rings is 1. The molecule has 1 aliphatic rings. The van der Waals surface area contributed by atoms with Crippen LogP contribution in [0.15, 0.2) is 48.9 Å².